The van der Waals surface area contributed by atoms with Crippen LogP contribution in [0.15, 0.2) is 24.3 Å². The van der Waals surface area contributed by atoms with Crippen molar-refractivity contribution in [3.63, 3.8) is 0 Å². The topological polar surface area (TPSA) is 17.1 Å². The minimum Gasteiger partial charge on any atom is -0.295 e. The Morgan fingerprint density at radius 1 is 1.75 bits per heavy atom. The van der Waals surface area contributed by atoms with Gasteiger partial charge in [-0.05, 0) is 31.8 Å². The first-order valence-corrected chi connectivity index (χ1v) is 4.48. The Bertz CT molecular complexity index is 225. The summed E-state index contributed by atoms with van der Waals surface area (Å²) in [7, 11) is 0. The lowest BCUT2D eigenvalue weighted by Crippen LogP contribution is -2.20. The lowest BCUT2D eigenvalue weighted by atomic mass is 9.80. The van der Waals surface area contributed by atoms with Crippen LogP contribution >= 0.6 is 0 Å². The molecule has 12 heavy (non-hydrogen) atoms. The van der Waals surface area contributed by atoms with E-state index in [4.69, 9.17) is 0 Å². The van der Waals surface area contributed by atoms with Gasteiger partial charge in [0.15, 0.2) is 5.78 Å². The zero-order valence-electron chi connectivity index (χ0n) is 7.84. The number of carbonyl (C=O) groups is 1. The summed E-state index contributed by atoms with van der Waals surface area (Å²) in [5, 5.41) is 0. The third kappa shape index (κ3) is 1.84. The first-order valence-electron chi connectivity index (χ1n) is 4.48. The van der Waals surface area contributed by atoms with E-state index in [1.807, 2.05) is 19.9 Å². The molecule has 0 amide bonds. The van der Waals surface area contributed by atoms with Crippen molar-refractivity contribution in [2.45, 2.75) is 26.7 Å². The molecule has 1 aliphatic carbocycles. The third-order valence-corrected chi connectivity index (χ3v) is 2.59. The van der Waals surface area contributed by atoms with Crippen LogP contribution in [0.25, 0.3) is 0 Å². The smallest absolute Gasteiger partial charge is 0.158 e. The summed E-state index contributed by atoms with van der Waals surface area (Å²) in [6.45, 7) is 7.76. The SMILES string of the molecule is C=CC[C@H]1C[C@H](C)C(=O)C=C1C. The third-order valence-electron chi connectivity index (χ3n) is 2.59. The first kappa shape index (κ1) is 9.24. The minimum atomic E-state index is 0.207. The van der Waals surface area contributed by atoms with Gasteiger partial charge in [-0.15, -0.1) is 6.58 Å². The number of carbonyl (C=O) groups excluding carboxylic acids is 1. The summed E-state index contributed by atoms with van der Waals surface area (Å²) in [5.41, 5.74) is 1.22. The lowest BCUT2D eigenvalue weighted by molar-refractivity contribution is -0.118. The van der Waals surface area contributed by atoms with Crippen molar-refractivity contribution < 1.29 is 4.79 Å². The maximum atomic E-state index is 11.3. The highest BCUT2D eigenvalue weighted by Crippen LogP contribution is 2.29. The Hall–Kier alpha value is -0.850. The standard InChI is InChI=1S/C11H16O/c1-4-5-10-6-9(3)11(12)7-8(10)2/h4,7,9-10H,1,5-6H2,2-3H3/t9-,10-/m0/s1. The van der Waals surface area contributed by atoms with E-state index in [9.17, 15) is 4.79 Å². The average molecular weight is 164 g/mol. The van der Waals surface area contributed by atoms with Crippen molar-refractivity contribution in [1.82, 2.24) is 0 Å². The first-order chi connectivity index (χ1) is 5.65. The number of allylic oxidation sites excluding steroid dienone is 3. The molecule has 1 heteroatoms. The fraction of sp³-hybridized carbons (Fsp3) is 0.545. The van der Waals surface area contributed by atoms with Gasteiger partial charge >= 0.3 is 0 Å². The van der Waals surface area contributed by atoms with E-state index in [1.165, 1.54) is 5.57 Å². The van der Waals surface area contributed by atoms with Gasteiger partial charge in [0, 0.05) is 5.92 Å². The van der Waals surface area contributed by atoms with E-state index >= 15 is 0 Å². The average Bonchev–Trinajstić information content (AvgIpc) is 2.01. The van der Waals surface area contributed by atoms with E-state index in [2.05, 4.69) is 6.58 Å². The molecule has 0 radical (unpaired) electrons. The largest absolute Gasteiger partial charge is 0.295 e. The molecule has 0 fully saturated rings. The van der Waals surface area contributed by atoms with Crippen LogP contribution in [-0.4, -0.2) is 5.78 Å². The monoisotopic (exact) mass is 164 g/mol. The van der Waals surface area contributed by atoms with Crippen LogP contribution in [0.1, 0.15) is 26.7 Å². The van der Waals surface area contributed by atoms with Gasteiger partial charge in [0.1, 0.15) is 0 Å². The van der Waals surface area contributed by atoms with E-state index in [-0.39, 0.29) is 11.7 Å². The van der Waals surface area contributed by atoms with Gasteiger partial charge in [0.2, 0.25) is 0 Å². The molecular weight excluding hydrogens is 148 g/mol. The van der Waals surface area contributed by atoms with Crippen LogP contribution in [0.4, 0.5) is 0 Å². The molecule has 1 aliphatic rings. The summed E-state index contributed by atoms with van der Waals surface area (Å²) in [6, 6.07) is 0. The molecule has 0 aromatic rings. The highest BCUT2D eigenvalue weighted by molar-refractivity contribution is 5.93. The predicted molar refractivity (Wildman–Crippen MR) is 50.8 cm³/mol. The molecule has 0 heterocycles. The van der Waals surface area contributed by atoms with E-state index in [1.54, 1.807) is 6.08 Å². The molecule has 0 N–H and O–H groups in total. The number of ketones is 1. The van der Waals surface area contributed by atoms with Crippen LogP contribution in [0.3, 0.4) is 0 Å². The van der Waals surface area contributed by atoms with Crippen molar-refractivity contribution in [2.75, 3.05) is 0 Å². The molecular formula is C11H16O. The molecule has 0 saturated carbocycles. The van der Waals surface area contributed by atoms with Crippen LogP contribution in [-0.2, 0) is 4.79 Å². The van der Waals surface area contributed by atoms with Gasteiger partial charge in [0.05, 0.1) is 0 Å². The fourth-order valence-corrected chi connectivity index (χ4v) is 1.70. The van der Waals surface area contributed by atoms with Gasteiger partial charge < -0.3 is 0 Å². The van der Waals surface area contributed by atoms with Crippen molar-refractivity contribution in [2.24, 2.45) is 11.8 Å². The van der Waals surface area contributed by atoms with Gasteiger partial charge in [-0.2, -0.15) is 0 Å². The Balaban J connectivity index is 2.73. The molecule has 2 atom stereocenters. The summed E-state index contributed by atoms with van der Waals surface area (Å²) in [4.78, 5) is 11.3. The summed E-state index contributed by atoms with van der Waals surface area (Å²) >= 11 is 0. The molecule has 0 spiro atoms. The summed E-state index contributed by atoms with van der Waals surface area (Å²) in [5.74, 6) is 1.04. The van der Waals surface area contributed by atoms with E-state index < -0.39 is 0 Å². The Kier molecular flexibility index (Phi) is 2.85. The molecule has 1 rings (SSSR count). The molecule has 0 aromatic heterocycles. The zero-order valence-corrected chi connectivity index (χ0v) is 7.84. The maximum absolute atomic E-state index is 11.3. The number of hydrogen-bond donors (Lipinski definition) is 0. The Labute approximate surface area is 74.2 Å². The summed E-state index contributed by atoms with van der Waals surface area (Å²) < 4.78 is 0. The fourth-order valence-electron chi connectivity index (χ4n) is 1.70. The van der Waals surface area contributed by atoms with Crippen molar-refractivity contribution in [3.05, 3.63) is 24.3 Å². The maximum Gasteiger partial charge on any atom is 0.158 e. The van der Waals surface area contributed by atoms with Crippen LogP contribution < -0.4 is 0 Å². The van der Waals surface area contributed by atoms with Crippen LogP contribution in [0.2, 0.25) is 0 Å². The Morgan fingerprint density at radius 2 is 2.42 bits per heavy atom. The number of hydrogen-bond acceptors (Lipinski definition) is 1. The number of rotatable bonds is 2. The zero-order chi connectivity index (χ0) is 9.14. The highest BCUT2D eigenvalue weighted by Gasteiger charge is 2.23. The minimum absolute atomic E-state index is 0.207. The molecule has 0 bridgehead atoms. The molecule has 1 nitrogen and oxygen atoms in total. The van der Waals surface area contributed by atoms with Crippen LogP contribution in [0.5, 0.6) is 0 Å². The molecule has 66 valence electrons. The van der Waals surface area contributed by atoms with Crippen LogP contribution in [0, 0.1) is 11.8 Å². The van der Waals surface area contributed by atoms with E-state index in [0.717, 1.165) is 12.8 Å². The predicted octanol–water partition coefficient (Wildman–Crippen LogP) is 2.73. The highest BCUT2D eigenvalue weighted by atomic mass is 16.1. The summed E-state index contributed by atoms with van der Waals surface area (Å²) in [6.07, 6.45) is 5.72. The second kappa shape index (κ2) is 3.70. The van der Waals surface area contributed by atoms with Crippen molar-refractivity contribution >= 4 is 5.78 Å². The quantitative estimate of drug-likeness (QED) is 0.573. The second-order valence-corrected chi connectivity index (χ2v) is 3.65. The van der Waals surface area contributed by atoms with Crippen molar-refractivity contribution in [3.8, 4) is 0 Å². The van der Waals surface area contributed by atoms with Gasteiger partial charge in [-0.1, -0.05) is 18.6 Å². The molecule has 0 aliphatic heterocycles. The van der Waals surface area contributed by atoms with E-state index in [0.29, 0.717) is 5.92 Å². The lowest BCUT2D eigenvalue weighted by Gasteiger charge is -2.24. The van der Waals surface area contributed by atoms with Gasteiger partial charge in [-0.3, -0.25) is 4.79 Å². The molecule has 0 aromatic carbocycles. The normalized spacial score (nSPS) is 29.8. The van der Waals surface area contributed by atoms with Gasteiger partial charge in [0.25, 0.3) is 0 Å². The second-order valence-electron chi connectivity index (χ2n) is 3.65. The van der Waals surface area contributed by atoms with Crippen molar-refractivity contribution in [1.29, 1.82) is 0 Å². The molecule has 0 saturated heterocycles. The molecule has 0 unspecified atom stereocenters. The van der Waals surface area contributed by atoms with Gasteiger partial charge in [-0.25, -0.2) is 0 Å². The Morgan fingerprint density at radius 3 is 3.00 bits per heavy atom.